The molecule has 0 fully saturated rings. The number of hydrogen-bond acceptors (Lipinski definition) is 0. The van der Waals surface area contributed by atoms with Crippen molar-refractivity contribution in [2.75, 3.05) is 0 Å². The Morgan fingerprint density at radius 1 is 0.226 bits per heavy atom. The molecular weight excluding hydrogens is 745 g/mol. The highest BCUT2D eigenvalue weighted by molar-refractivity contribution is 6.22. The molecule has 0 heteroatoms. The molecule has 10 aromatic carbocycles. The molecule has 2 aliphatic carbocycles. The van der Waals surface area contributed by atoms with Crippen LogP contribution >= 0.6 is 0 Å². The second kappa shape index (κ2) is 13.6. The van der Waals surface area contributed by atoms with E-state index in [0.29, 0.717) is 0 Å². The van der Waals surface area contributed by atoms with Crippen LogP contribution in [0.2, 0.25) is 0 Å². The molecule has 0 saturated heterocycles. The van der Waals surface area contributed by atoms with Gasteiger partial charge < -0.3 is 0 Å². The zero-order valence-corrected chi connectivity index (χ0v) is 35.6. The van der Waals surface area contributed by atoms with Crippen LogP contribution in [-0.2, 0) is 10.8 Å². The molecule has 0 N–H and O–H groups in total. The van der Waals surface area contributed by atoms with Crippen molar-refractivity contribution in [2.24, 2.45) is 0 Å². The lowest BCUT2D eigenvalue weighted by Crippen LogP contribution is -2.14. The lowest BCUT2D eigenvalue weighted by molar-refractivity contribution is 0.660. The van der Waals surface area contributed by atoms with Gasteiger partial charge in [-0.15, -0.1) is 0 Å². The quantitative estimate of drug-likeness (QED) is 0.152. The lowest BCUT2D eigenvalue weighted by Gasteiger charge is -2.24. The summed E-state index contributed by atoms with van der Waals surface area (Å²) < 4.78 is 0. The molecule has 62 heavy (non-hydrogen) atoms. The van der Waals surface area contributed by atoms with E-state index in [0.717, 1.165) is 0 Å². The van der Waals surface area contributed by atoms with Crippen LogP contribution in [-0.4, -0.2) is 0 Å². The molecule has 0 amide bonds. The molecule has 0 aromatic heterocycles. The van der Waals surface area contributed by atoms with Crippen molar-refractivity contribution in [3.63, 3.8) is 0 Å². The molecule has 12 rings (SSSR count). The van der Waals surface area contributed by atoms with Crippen molar-refractivity contribution in [1.29, 1.82) is 0 Å². The maximum absolute atomic E-state index is 2.50. The topological polar surface area (TPSA) is 0 Å². The van der Waals surface area contributed by atoms with Gasteiger partial charge in [-0.1, -0.05) is 198 Å². The van der Waals surface area contributed by atoms with E-state index in [1.54, 1.807) is 0 Å². The Kier molecular flexibility index (Phi) is 8.03. The van der Waals surface area contributed by atoms with Gasteiger partial charge in [0.15, 0.2) is 0 Å². The van der Waals surface area contributed by atoms with Crippen molar-refractivity contribution in [2.45, 2.75) is 38.5 Å². The molecule has 2 aliphatic rings. The fourth-order valence-electron chi connectivity index (χ4n) is 11.1. The van der Waals surface area contributed by atoms with E-state index in [4.69, 9.17) is 0 Å². The van der Waals surface area contributed by atoms with Crippen LogP contribution in [0.15, 0.2) is 206 Å². The third-order valence-corrected chi connectivity index (χ3v) is 14.2. The van der Waals surface area contributed by atoms with E-state index in [2.05, 4.69) is 234 Å². The van der Waals surface area contributed by atoms with Crippen molar-refractivity contribution in [3.05, 3.63) is 229 Å². The molecule has 0 unspecified atom stereocenters. The molecule has 10 aromatic rings. The molecule has 0 radical (unpaired) electrons. The minimum Gasteiger partial charge on any atom is -0.0622 e. The first-order valence-corrected chi connectivity index (χ1v) is 22.0. The third kappa shape index (κ3) is 5.46. The Bertz CT molecular complexity index is 3380. The first-order chi connectivity index (χ1) is 30.3. The Morgan fingerprint density at radius 3 is 1.18 bits per heavy atom. The first kappa shape index (κ1) is 36.6. The largest absolute Gasteiger partial charge is 0.0622 e. The molecule has 0 saturated carbocycles. The van der Waals surface area contributed by atoms with Crippen LogP contribution in [0, 0.1) is 0 Å². The van der Waals surface area contributed by atoms with Gasteiger partial charge in [0.2, 0.25) is 0 Å². The maximum Gasteiger partial charge on any atom is 0.0159 e. The fourth-order valence-corrected chi connectivity index (χ4v) is 11.1. The van der Waals surface area contributed by atoms with Crippen molar-refractivity contribution < 1.29 is 0 Å². The van der Waals surface area contributed by atoms with E-state index in [-0.39, 0.29) is 10.8 Å². The van der Waals surface area contributed by atoms with Crippen LogP contribution in [0.25, 0.3) is 99.4 Å². The standard InChI is InChI=1S/C62H46/c1-61(2)55-25-15-13-21-47(55)49-30-27-42(37-57(49)61)41-28-32-53-54(36-41)59(43-29-31-50-48-22-14-16-26-56(48)62(3,4)58(50)38-43)51-23-11-12-24-52(51)60(53)46-34-44(39-17-7-5-8-18-39)33-45(35-46)40-19-9-6-10-20-40/h5-38H,1-4H3. The summed E-state index contributed by atoms with van der Waals surface area (Å²) in [5.74, 6) is 0. The first-order valence-electron chi connectivity index (χ1n) is 22.0. The van der Waals surface area contributed by atoms with Crippen molar-refractivity contribution in [3.8, 4) is 77.9 Å². The number of rotatable bonds is 5. The van der Waals surface area contributed by atoms with Gasteiger partial charge in [-0.2, -0.15) is 0 Å². The zero-order chi connectivity index (χ0) is 41.7. The summed E-state index contributed by atoms with van der Waals surface area (Å²) >= 11 is 0. The van der Waals surface area contributed by atoms with E-state index >= 15 is 0 Å². The number of benzene rings is 10. The van der Waals surface area contributed by atoms with Crippen LogP contribution in [0.1, 0.15) is 49.9 Å². The number of hydrogen-bond donors (Lipinski definition) is 0. The van der Waals surface area contributed by atoms with Crippen LogP contribution in [0.4, 0.5) is 0 Å². The van der Waals surface area contributed by atoms with Crippen molar-refractivity contribution >= 4 is 21.5 Å². The second-order valence-electron chi connectivity index (χ2n) is 18.4. The van der Waals surface area contributed by atoms with Gasteiger partial charge >= 0.3 is 0 Å². The predicted octanol–water partition coefficient (Wildman–Crippen LogP) is 16.9. The van der Waals surface area contributed by atoms with Gasteiger partial charge in [-0.3, -0.25) is 0 Å². The van der Waals surface area contributed by atoms with E-state index in [1.165, 1.54) is 122 Å². The average Bonchev–Trinajstić information content (AvgIpc) is 3.69. The van der Waals surface area contributed by atoms with Gasteiger partial charge in [0.25, 0.3) is 0 Å². The van der Waals surface area contributed by atoms with Crippen LogP contribution in [0.5, 0.6) is 0 Å². The second-order valence-corrected chi connectivity index (χ2v) is 18.4. The van der Waals surface area contributed by atoms with Gasteiger partial charge in [-0.05, 0) is 158 Å². The molecule has 294 valence electrons. The Hall–Kier alpha value is -7.28. The molecule has 0 spiro atoms. The molecule has 0 aliphatic heterocycles. The molecular formula is C62H46. The zero-order valence-electron chi connectivity index (χ0n) is 35.6. The van der Waals surface area contributed by atoms with Gasteiger partial charge in [0.05, 0.1) is 0 Å². The summed E-state index contributed by atoms with van der Waals surface area (Å²) in [5, 5.41) is 5.03. The fraction of sp³-hybridized carbons (Fsp3) is 0.0968. The highest BCUT2D eigenvalue weighted by Crippen LogP contribution is 2.53. The molecule has 0 atom stereocenters. The average molecular weight is 791 g/mol. The minimum absolute atomic E-state index is 0.0810. The smallest absolute Gasteiger partial charge is 0.0159 e. The summed E-state index contributed by atoms with van der Waals surface area (Å²) in [7, 11) is 0. The number of fused-ring (bicyclic) bond motifs is 8. The normalized spacial score (nSPS) is 14.1. The van der Waals surface area contributed by atoms with Crippen LogP contribution < -0.4 is 0 Å². The van der Waals surface area contributed by atoms with Crippen molar-refractivity contribution in [1.82, 2.24) is 0 Å². The highest BCUT2D eigenvalue weighted by Gasteiger charge is 2.37. The Balaban J connectivity index is 1.15. The van der Waals surface area contributed by atoms with Gasteiger partial charge in [0, 0.05) is 10.8 Å². The molecule has 0 bridgehead atoms. The Labute approximate surface area is 364 Å². The lowest BCUT2D eigenvalue weighted by atomic mass is 9.79. The third-order valence-electron chi connectivity index (χ3n) is 14.2. The van der Waals surface area contributed by atoms with E-state index in [9.17, 15) is 0 Å². The monoisotopic (exact) mass is 790 g/mol. The summed E-state index contributed by atoms with van der Waals surface area (Å²) in [6, 6.07) is 77.5. The van der Waals surface area contributed by atoms with E-state index < -0.39 is 0 Å². The highest BCUT2D eigenvalue weighted by atomic mass is 14.4. The summed E-state index contributed by atoms with van der Waals surface area (Å²) in [4.78, 5) is 0. The van der Waals surface area contributed by atoms with Gasteiger partial charge in [0.1, 0.15) is 0 Å². The SMILES string of the molecule is CC1(C)c2ccccc2-c2ccc(-c3ccc4c(-c5cc(-c6ccccc6)cc(-c6ccccc6)c5)c5ccccc5c(-c5ccc6c(c5)C(C)(C)c5ccccc5-6)c4c3)cc21. The Morgan fingerprint density at radius 2 is 0.613 bits per heavy atom. The summed E-state index contributed by atoms with van der Waals surface area (Å²) in [6.45, 7) is 9.52. The predicted molar refractivity (Wildman–Crippen MR) is 264 cm³/mol. The van der Waals surface area contributed by atoms with Gasteiger partial charge in [-0.25, -0.2) is 0 Å². The minimum atomic E-state index is -0.112. The maximum atomic E-state index is 2.50. The van der Waals surface area contributed by atoms with Crippen LogP contribution in [0.3, 0.4) is 0 Å². The molecule has 0 nitrogen and oxygen atoms in total. The molecule has 0 heterocycles. The summed E-state index contributed by atoms with van der Waals surface area (Å²) in [5.41, 5.74) is 23.1. The van der Waals surface area contributed by atoms with E-state index in [1.807, 2.05) is 0 Å². The summed E-state index contributed by atoms with van der Waals surface area (Å²) in [6.07, 6.45) is 0.